The van der Waals surface area contributed by atoms with Gasteiger partial charge in [-0.25, -0.2) is 0 Å². The predicted octanol–water partition coefficient (Wildman–Crippen LogP) is 0.491. The molecule has 0 saturated carbocycles. The molecule has 0 aliphatic carbocycles. The van der Waals surface area contributed by atoms with Crippen LogP contribution in [0.5, 0.6) is 11.5 Å². The monoisotopic (exact) mass is 327 g/mol. The van der Waals surface area contributed by atoms with Crippen molar-refractivity contribution in [2.24, 2.45) is 7.05 Å². The molecule has 1 aromatic carbocycles. The first-order valence-electron chi connectivity index (χ1n) is 6.56. The molecule has 0 unspecified atom stereocenters. The fraction of sp³-hybridized carbons (Fsp3) is 0.188. The lowest BCUT2D eigenvalue weighted by molar-refractivity contribution is 0.329. The van der Waals surface area contributed by atoms with E-state index < -0.39 is 0 Å². The van der Waals surface area contributed by atoms with Crippen molar-refractivity contribution in [3.63, 3.8) is 0 Å². The van der Waals surface area contributed by atoms with Crippen LogP contribution in [0.15, 0.2) is 23.0 Å². The van der Waals surface area contributed by atoms with Crippen molar-refractivity contribution in [2.45, 2.75) is 0 Å². The van der Waals surface area contributed by atoms with Crippen molar-refractivity contribution in [3.8, 4) is 23.6 Å². The number of hydrogen-bond donors (Lipinski definition) is 0. The molecule has 0 aliphatic rings. The van der Waals surface area contributed by atoms with Crippen LogP contribution in [-0.4, -0.2) is 18.3 Å². The van der Waals surface area contributed by atoms with Crippen LogP contribution in [0.4, 0.5) is 0 Å². The smallest absolute Gasteiger partial charge is 0.268 e. The first-order chi connectivity index (χ1) is 11.1. The Morgan fingerprint density at radius 2 is 2.13 bits per heavy atom. The normalized spacial score (nSPS) is 11.8. The van der Waals surface area contributed by atoms with E-state index in [0.717, 1.165) is 5.56 Å². The van der Waals surface area contributed by atoms with E-state index in [1.165, 1.54) is 29.1 Å². The highest BCUT2D eigenvalue weighted by atomic mass is 32.1. The molecule has 0 aliphatic heterocycles. The number of nitrogens with zero attached hydrogens (tertiary/aromatic N) is 3. The van der Waals surface area contributed by atoms with Crippen molar-refractivity contribution < 1.29 is 9.47 Å². The van der Waals surface area contributed by atoms with E-state index in [2.05, 4.69) is 0 Å². The van der Waals surface area contributed by atoms with E-state index in [1.807, 2.05) is 12.1 Å². The van der Waals surface area contributed by atoms with E-state index in [-0.39, 0.29) is 12.2 Å². The van der Waals surface area contributed by atoms with Crippen molar-refractivity contribution in [2.75, 3.05) is 13.7 Å². The molecule has 6 nitrogen and oxygen atoms in total. The third kappa shape index (κ3) is 3.60. The lowest BCUT2D eigenvalue weighted by Crippen LogP contribution is -2.28. The number of ether oxygens (including phenoxy) is 2. The Bertz CT molecular complexity index is 974. The highest BCUT2D eigenvalue weighted by molar-refractivity contribution is 7.07. The zero-order valence-corrected chi connectivity index (χ0v) is 13.4. The van der Waals surface area contributed by atoms with Gasteiger partial charge in [0.1, 0.15) is 10.7 Å². The van der Waals surface area contributed by atoms with Gasteiger partial charge >= 0.3 is 0 Å². The summed E-state index contributed by atoms with van der Waals surface area (Å²) in [6.07, 6.45) is 3.06. The molecule has 23 heavy (non-hydrogen) atoms. The molecule has 0 amide bonds. The molecule has 2 rings (SSSR count). The number of thiazole rings is 1. The molecule has 0 atom stereocenters. The van der Waals surface area contributed by atoms with E-state index in [4.69, 9.17) is 20.0 Å². The van der Waals surface area contributed by atoms with Crippen LogP contribution in [0, 0.1) is 22.7 Å². The third-order valence-electron chi connectivity index (χ3n) is 3.03. The van der Waals surface area contributed by atoms with Gasteiger partial charge in [0.05, 0.1) is 17.7 Å². The standard InChI is InChI=1S/C16H13N3O3S/c1-19-15(5-6-17)23-14(16(19)20)10-11-3-4-12(22-8-7-18)13(9-11)21-2/h3-5,9-10H,8H2,1-2H3/b14-10-,15-5-. The number of rotatable bonds is 4. The quantitative estimate of drug-likeness (QED) is 0.815. The summed E-state index contributed by atoms with van der Waals surface area (Å²) < 4.78 is 13.0. The minimum atomic E-state index is -0.166. The Morgan fingerprint density at radius 1 is 1.35 bits per heavy atom. The van der Waals surface area contributed by atoms with Gasteiger partial charge in [0, 0.05) is 13.1 Å². The molecular weight excluding hydrogens is 314 g/mol. The first kappa shape index (κ1) is 16.3. The average Bonchev–Trinajstić information content (AvgIpc) is 2.82. The van der Waals surface area contributed by atoms with Gasteiger partial charge in [-0.1, -0.05) is 6.07 Å². The molecule has 0 saturated heterocycles. The minimum Gasteiger partial charge on any atom is -0.493 e. The van der Waals surface area contributed by atoms with Gasteiger partial charge in [-0.2, -0.15) is 10.5 Å². The Labute approximate surface area is 136 Å². The molecule has 0 bridgehead atoms. The maximum absolute atomic E-state index is 12.2. The molecule has 7 heteroatoms. The van der Waals surface area contributed by atoms with Crippen LogP contribution in [0.1, 0.15) is 5.56 Å². The Balaban J connectivity index is 2.51. The van der Waals surface area contributed by atoms with E-state index in [1.54, 1.807) is 31.3 Å². The van der Waals surface area contributed by atoms with Gasteiger partial charge < -0.3 is 14.0 Å². The van der Waals surface area contributed by atoms with E-state index in [9.17, 15) is 4.79 Å². The van der Waals surface area contributed by atoms with Crippen LogP contribution in [0.3, 0.4) is 0 Å². The predicted molar refractivity (Wildman–Crippen MR) is 86.6 cm³/mol. The summed E-state index contributed by atoms with van der Waals surface area (Å²) in [5.41, 5.74) is 0.592. The van der Waals surface area contributed by atoms with Crippen LogP contribution < -0.4 is 24.2 Å². The summed E-state index contributed by atoms with van der Waals surface area (Å²) in [5.74, 6) is 0.940. The summed E-state index contributed by atoms with van der Waals surface area (Å²) in [7, 11) is 3.13. The lowest BCUT2D eigenvalue weighted by Gasteiger charge is -2.08. The number of nitriles is 2. The van der Waals surface area contributed by atoms with Crippen molar-refractivity contribution in [1.82, 2.24) is 4.57 Å². The molecule has 2 aromatic rings. The molecular formula is C16H13N3O3S. The summed E-state index contributed by atoms with van der Waals surface area (Å²) in [6, 6.07) is 8.99. The Morgan fingerprint density at radius 3 is 2.78 bits per heavy atom. The molecule has 1 aromatic heterocycles. The molecule has 0 fully saturated rings. The largest absolute Gasteiger partial charge is 0.493 e. The highest BCUT2D eigenvalue weighted by Gasteiger charge is 2.06. The summed E-state index contributed by atoms with van der Waals surface area (Å²) in [5, 5.41) is 17.3. The van der Waals surface area contributed by atoms with Gasteiger partial charge in [0.15, 0.2) is 18.1 Å². The van der Waals surface area contributed by atoms with Crippen molar-refractivity contribution in [3.05, 3.63) is 43.3 Å². The van der Waals surface area contributed by atoms with Gasteiger partial charge in [0.25, 0.3) is 5.56 Å². The molecule has 1 heterocycles. The third-order valence-corrected chi connectivity index (χ3v) is 4.14. The number of benzene rings is 1. The highest BCUT2D eigenvalue weighted by Crippen LogP contribution is 2.28. The van der Waals surface area contributed by atoms with Crippen LogP contribution >= 0.6 is 11.3 Å². The van der Waals surface area contributed by atoms with Crippen molar-refractivity contribution in [1.29, 1.82) is 10.5 Å². The Kier molecular flexibility index (Phi) is 5.19. The van der Waals surface area contributed by atoms with Gasteiger partial charge in [-0.15, -0.1) is 11.3 Å². The summed E-state index contributed by atoms with van der Waals surface area (Å²) in [6.45, 7) is -0.0712. The van der Waals surface area contributed by atoms with E-state index >= 15 is 0 Å². The van der Waals surface area contributed by atoms with E-state index in [0.29, 0.717) is 20.7 Å². The SMILES string of the molecule is COc1cc(/C=c2\s/c(=C\C#N)n(C)c2=O)ccc1OCC#N. The summed E-state index contributed by atoms with van der Waals surface area (Å²) in [4.78, 5) is 12.2. The minimum absolute atomic E-state index is 0.0712. The first-order valence-corrected chi connectivity index (χ1v) is 7.37. The molecule has 0 radical (unpaired) electrons. The van der Waals surface area contributed by atoms with Crippen LogP contribution in [0.2, 0.25) is 0 Å². The number of methoxy groups -OCH3 is 1. The fourth-order valence-electron chi connectivity index (χ4n) is 1.92. The van der Waals surface area contributed by atoms with Crippen LogP contribution in [-0.2, 0) is 7.05 Å². The molecule has 116 valence electrons. The van der Waals surface area contributed by atoms with Gasteiger partial charge in [0.2, 0.25) is 0 Å². The van der Waals surface area contributed by atoms with Gasteiger partial charge in [-0.3, -0.25) is 4.79 Å². The Hall–Kier alpha value is -3.03. The molecule has 0 N–H and O–H groups in total. The second kappa shape index (κ2) is 7.30. The maximum atomic E-state index is 12.2. The number of hydrogen-bond acceptors (Lipinski definition) is 6. The number of aromatic nitrogens is 1. The van der Waals surface area contributed by atoms with Gasteiger partial charge in [-0.05, 0) is 23.8 Å². The van der Waals surface area contributed by atoms with Crippen LogP contribution in [0.25, 0.3) is 12.2 Å². The maximum Gasteiger partial charge on any atom is 0.268 e. The zero-order chi connectivity index (χ0) is 16.8. The fourth-order valence-corrected chi connectivity index (χ4v) is 2.89. The zero-order valence-electron chi connectivity index (χ0n) is 12.6. The van der Waals surface area contributed by atoms with Crippen molar-refractivity contribution >= 4 is 23.5 Å². The second-order valence-corrected chi connectivity index (χ2v) is 5.51. The molecule has 0 spiro atoms. The lowest BCUT2D eigenvalue weighted by atomic mass is 10.2. The summed E-state index contributed by atoms with van der Waals surface area (Å²) >= 11 is 1.24. The topological polar surface area (TPSA) is 88.0 Å². The average molecular weight is 327 g/mol. The second-order valence-electron chi connectivity index (χ2n) is 4.44.